The minimum atomic E-state index is 0.607. The summed E-state index contributed by atoms with van der Waals surface area (Å²) < 4.78 is 12.3. The lowest BCUT2D eigenvalue weighted by Crippen LogP contribution is -2.00. The third kappa shape index (κ3) is 5.85. The van der Waals surface area contributed by atoms with Crippen LogP contribution < -0.4 is 0 Å². The van der Waals surface area contributed by atoms with Crippen molar-refractivity contribution in [3.8, 4) is 67.5 Å². The Morgan fingerprint density at radius 2 is 0.860 bits per heavy atom. The summed E-state index contributed by atoms with van der Waals surface area (Å²) in [5.74, 6) is 1.83. The van der Waals surface area contributed by atoms with Gasteiger partial charge in [0.05, 0.1) is 0 Å². The van der Waals surface area contributed by atoms with Crippen LogP contribution in [-0.2, 0) is 0 Å². The Hall–Kier alpha value is -7.63. The monoisotopic (exact) mass is 731 g/mol. The smallest absolute Gasteiger partial charge is 0.164 e. The molecule has 8 aromatic carbocycles. The molecule has 0 fully saturated rings. The summed E-state index contributed by atoms with van der Waals surface area (Å²) in [6.45, 7) is 2.08. The maximum atomic E-state index is 6.19. The first-order valence-electron chi connectivity index (χ1n) is 19.1. The fourth-order valence-electron chi connectivity index (χ4n) is 7.92. The van der Waals surface area contributed by atoms with Gasteiger partial charge in [0.1, 0.15) is 22.3 Å². The zero-order valence-electron chi connectivity index (χ0n) is 31.0. The van der Waals surface area contributed by atoms with Crippen molar-refractivity contribution in [2.24, 2.45) is 0 Å². The molecule has 11 aromatic rings. The first-order valence-corrected chi connectivity index (χ1v) is 19.1. The molecule has 0 radical (unpaired) electrons. The van der Waals surface area contributed by atoms with Crippen molar-refractivity contribution < 1.29 is 8.83 Å². The van der Waals surface area contributed by atoms with Gasteiger partial charge < -0.3 is 8.83 Å². The molecular weight excluding hydrogens is 699 g/mol. The van der Waals surface area contributed by atoms with Crippen molar-refractivity contribution in [2.45, 2.75) is 6.92 Å². The van der Waals surface area contributed by atoms with Gasteiger partial charge in [-0.05, 0) is 82.3 Å². The minimum absolute atomic E-state index is 0.607. The zero-order valence-corrected chi connectivity index (χ0v) is 31.0. The van der Waals surface area contributed by atoms with Crippen LogP contribution in [0.4, 0.5) is 0 Å². The quantitative estimate of drug-likeness (QED) is 0.170. The number of benzene rings is 8. The van der Waals surface area contributed by atoms with Crippen molar-refractivity contribution in [1.82, 2.24) is 15.0 Å². The van der Waals surface area contributed by atoms with Gasteiger partial charge in [0.25, 0.3) is 0 Å². The van der Waals surface area contributed by atoms with Crippen molar-refractivity contribution in [1.29, 1.82) is 0 Å². The number of hydrogen-bond donors (Lipinski definition) is 0. The molecule has 57 heavy (non-hydrogen) atoms. The second-order valence-corrected chi connectivity index (χ2v) is 14.5. The summed E-state index contributed by atoms with van der Waals surface area (Å²) in [6, 6.07) is 62.9. The van der Waals surface area contributed by atoms with Crippen LogP contribution >= 0.6 is 0 Å². The van der Waals surface area contributed by atoms with Crippen LogP contribution in [0.5, 0.6) is 0 Å². The van der Waals surface area contributed by atoms with Crippen LogP contribution in [-0.4, -0.2) is 15.0 Å². The number of aryl methyl sites for hydroxylation is 1. The molecule has 0 aliphatic carbocycles. The molecule has 0 atom stereocenters. The normalized spacial score (nSPS) is 11.6. The van der Waals surface area contributed by atoms with E-state index < -0.39 is 0 Å². The van der Waals surface area contributed by atoms with Crippen molar-refractivity contribution in [3.63, 3.8) is 0 Å². The van der Waals surface area contributed by atoms with Crippen LogP contribution in [0.1, 0.15) is 5.56 Å². The number of rotatable bonds is 6. The Kier molecular flexibility index (Phi) is 7.64. The third-order valence-electron chi connectivity index (χ3n) is 10.8. The van der Waals surface area contributed by atoms with Gasteiger partial charge in [0, 0.05) is 38.2 Å². The van der Waals surface area contributed by atoms with Crippen molar-refractivity contribution in [2.75, 3.05) is 0 Å². The highest BCUT2D eigenvalue weighted by Gasteiger charge is 2.16. The Labute approximate surface area is 328 Å². The van der Waals surface area contributed by atoms with Crippen molar-refractivity contribution in [3.05, 3.63) is 188 Å². The largest absolute Gasteiger partial charge is 0.456 e. The number of aromatic nitrogens is 3. The fourth-order valence-corrected chi connectivity index (χ4v) is 7.92. The van der Waals surface area contributed by atoms with E-state index in [2.05, 4.69) is 159 Å². The summed E-state index contributed by atoms with van der Waals surface area (Å²) in [6.07, 6.45) is 0. The number of para-hydroxylation sites is 1. The molecule has 5 heteroatoms. The van der Waals surface area contributed by atoms with E-state index in [0.717, 1.165) is 93.9 Å². The lowest BCUT2D eigenvalue weighted by molar-refractivity contribution is 0.668. The van der Waals surface area contributed by atoms with Crippen molar-refractivity contribution >= 4 is 43.9 Å². The Morgan fingerprint density at radius 3 is 1.65 bits per heavy atom. The Bertz CT molecular complexity index is 3290. The molecule has 0 aliphatic rings. The molecule has 0 N–H and O–H groups in total. The predicted octanol–water partition coefficient (Wildman–Crippen LogP) is 14.0. The molecule has 0 unspecified atom stereocenters. The highest BCUT2D eigenvalue weighted by atomic mass is 16.3. The Morgan fingerprint density at radius 1 is 0.316 bits per heavy atom. The fraction of sp³-hybridized carbons (Fsp3) is 0.0192. The number of nitrogens with zero attached hydrogens (tertiary/aromatic N) is 3. The summed E-state index contributed by atoms with van der Waals surface area (Å²) in [4.78, 5) is 15.3. The van der Waals surface area contributed by atoms with Gasteiger partial charge in [-0.2, -0.15) is 0 Å². The number of furan rings is 2. The zero-order chi connectivity index (χ0) is 37.9. The lowest BCUT2D eigenvalue weighted by Gasteiger charge is -2.11. The predicted molar refractivity (Wildman–Crippen MR) is 232 cm³/mol. The van der Waals surface area contributed by atoms with E-state index in [1.165, 1.54) is 5.56 Å². The van der Waals surface area contributed by atoms with Crippen LogP contribution in [0.3, 0.4) is 0 Å². The molecule has 0 amide bonds. The molecule has 0 aliphatic heterocycles. The highest BCUT2D eigenvalue weighted by molar-refractivity contribution is 6.12. The summed E-state index contributed by atoms with van der Waals surface area (Å²) in [7, 11) is 0. The van der Waals surface area contributed by atoms with E-state index >= 15 is 0 Å². The van der Waals surface area contributed by atoms with E-state index in [9.17, 15) is 0 Å². The van der Waals surface area contributed by atoms with Crippen LogP contribution in [0.15, 0.2) is 191 Å². The number of fused-ring (bicyclic) bond motifs is 6. The third-order valence-corrected chi connectivity index (χ3v) is 10.8. The van der Waals surface area contributed by atoms with E-state index in [1.54, 1.807) is 0 Å². The average Bonchev–Trinajstić information content (AvgIpc) is 3.84. The molecule has 5 nitrogen and oxygen atoms in total. The summed E-state index contributed by atoms with van der Waals surface area (Å²) in [5, 5.41) is 4.45. The van der Waals surface area contributed by atoms with Gasteiger partial charge >= 0.3 is 0 Å². The maximum Gasteiger partial charge on any atom is 0.164 e. The van der Waals surface area contributed by atoms with Gasteiger partial charge in [-0.25, -0.2) is 15.0 Å². The molecule has 268 valence electrons. The van der Waals surface area contributed by atoms with Gasteiger partial charge in [-0.1, -0.05) is 146 Å². The van der Waals surface area contributed by atoms with Crippen LogP contribution in [0.25, 0.3) is 111 Å². The molecule has 0 bridgehead atoms. The second kappa shape index (κ2) is 13.3. The molecule has 0 spiro atoms. The molecule has 3 aromatic heterocycles. The van der Waals surface area contributed by atoms with E-state index in [0.29, 0.717) is 17.5 Å². The van der Waals surface area contributed by atoms with E-state index in [-0.39, 0.29) is 0 Å². The Balaban J connectivity index is 0.995. The van der Waals surface area contributed by atoms with Crippen LogP contribution in [0.2, 0.25) is 0 Å². The van der Waals surface area contributed by atoms with Gasteiger partial charge in [0.15, 0.2) is 17.5 Å². The standard InChI is InChI=1S/C52H33N3O2/c1-32-17-27-42-44-31-39(26-28-46(44)57-48(42)29-32)34-18-22-36(23-19-34)50-53-51(55-52(54-50)40-12-7-11-38(30-40)33-9-3-2-4-10-33)37-24-20-35(21-25-37)41-14-8-16-47-49(41)43-13-5-6-15-45(43)56-47/h2-31H,1H3. The highest BCUT2D eigenvalue weighted by Crippen LogP contribution is 2.38. The summed E-state index contributed by atoms with van der Waals surface area (Å²) >= 11 is 0. The average molecular weight is 732 g/mol. The molecular formula is C52H33N3O2. The summed E-state index contributed by atoms with van der Waals surface area (Å²) in [5.41, 5.74) is 14.1. The molecule has 0 saturated carbocycles. The molecule has 11 rings (SSSR count). The first-order chi connectivity index (χ1) is 28.1. The number of hydrogen-bond acceptors (Lipinski definition) is 5. The molecule has 0 saturated heterocycles. The topological polar surface area (TPSA) is 65.0 Å². The van der Waals surface area contributed by atoms with Gasteiger partial charge in [-0.3, -0.25) is 0 Å². The molecule has 3 heterocycles. The van der Waals surface area contributed by atoms with Gasteiger partial charge in [-0.15, -0.1) is 0 Å². The van der Waals surface area contributed by atoms with Gasteiger partial charge in [0.2, 0.25) is 0 Å². The van der Waals surface area contributed by atoms with E-state index in [4.69, 9.17) is 23.8 Å². The maximum absolute atomic E-state index is 6.19. The second-order valence-electron chi connectivity index (χ2n) is 14.5. The van der Waals surface area contributed by atoms with Crippen LogP contribution in [0, 0.1) is 6.92 Å². The van der Waals surface area contributed by atoms with E-state index in [1.807, 2.05) is 30.3 Å². The first kappa shape index (κ1) is 32.8. The lowest BCUT2D eigenvalue weighted by atomic mass is 9.98. The minimum Gasteiger partial charge on any atom is -0.456 e. The SMILES string of the molecule is Cc1ccc2c(c1)oc1ccc(-c3ccc(-c4nc(-c5ccc(-c6cccc7oc8ccccc8c67)cc5)nc(-c5cccc(-c6ccccc6)c5)n4)cc3)cc12.